The number of nitrogens with two attached hydrogens (primary N) is 1. The lowest BCUT2D eigenvalue weighted by atomic mass is 10.1. The first-order valence-electron chi connectivity index (χ1n) is 5.48. The van der Waals surface area contributed by atoms with Crippen molar-refractivity contribution in [3.63, 3.8) is 0 Å². The molecule has 0 radical (unpaired) electrons. The summed E-state index contributed by atoms with van der Waals surface area (Å²) in [7, 11) is 1.31. The predicted octanol–water partition coefficient (Wildman–Crippen LogP) is 0.688. The summed E-state index contributed by atoms with van der Waals surface area (Å²) in [6.07, 6.45) is 0.851. The maximum Gasteiger partial charge on any atom is 0.324 e. The highest BCUT2D eigenvalue weighted by molar-refractivity contribution is 5.76. The van der Waals surface area contributed by atoms with Gasteiger partial charge < -0.3 is 15.4 Å². The number of rotatable bonds is 3. The van der Waals surface area contributed by atoms with Crippen LogP contribution >= 0.6 is 0 Å². The first-order chi connectivity index (χ1) is 8.11. The molecule has 0 spiro atoms. The van der Waals surface area contributed by atoms with Crippen molar-refractivity contribution in [1.82, 2.24) is 0 Å². The van der Waals surface area contributed by atoms with Crippen LogP contribution in [0.1, 0.15) is 5.56 Å². The topological polar surface area (TPSA) is 55.6 Å². The number of halogens is 1. The molecule has 1 unspecified atom stereocenters. The van der Waals surface area contributed by atoms with Gasteiger partial charge in [0.05, 0.1) is 7.11 Å². The van der Waals surface area contributed by atoms with Gasteiger partial charge in [-0.25, -0.2) is 4.39 Å². The third kappa shape index (κ3) is 2.39. The molecule has 0 saturated heterocycles. The van der Waals surface area contributed by atoms with Crippen molar-refractivity contribution in [2.45, 2.75) is 12.5 Å². The van der Waals surface area contributed by atoms with Gasteiger partial charge in [0.2, 0.25) is 0 Å². The third-order valence-electron chi connectivity index (χ3n) is 2.96. The summed E-state index contributed by atoms with van der Waals surface area (Å²) in [5.74, 6) is -0.725. The summed E-state index contributed by atoms with van der Waals surface area (Å²) >= 11 is 0. The van der Waals surface area contributed by atoms with E-state index in [1.54, 1.807) is 6.07 Å². The first-order valence-corrected chi connectivity index (χ1v) is 5.48. The predicted molar refractivity (Wildman–Crippen MR) is 62.3 cm³/mol. The molecule has 0 aromatic heterocycles. The number of methoxy groups -OCH3 is 1. The molecule has 5 heteroatoms. The van der Waals surface area contributed by atoms with E-state index in [9.17, 15) is 9.18 Å². The van der Waals surface area contributed by atoms with E-state index in [2.05, 4.69) is 4.74 Å². The summed E-state index contributed by atoms with van der Waals surface area (Å²) in [5, 5.41) is 0. The number of hydrogen-bond acceptors (Lipinski definition) is 4. The quantitative estimate of drug-likeness (QED) is 0.787. The molecule has 1 aromatic rings. The lowest BCUT2D eigenvalue weighted by Crippen LogP contribution is -2.42. The summed E-state index contributed by atoms with van der Waals surface area (Å²) in [4.78, 5) is 13.1. The summed E-state index contributed by atoms with van der Waals surface area (Å²) in [5.41, 5.74) is 7.60. The number of hydrogen-bond donors (Lipinski definition) is 1. The largest absolute Gasteiger partial charge is 0.468 e. The van der Waals surface area contributed by atoms with Crippen LogP contribution in [0.4, 0.5) is 10.1 Å². The van der Waals surface area contributed by atoms with Crippen LogP contribution in [0.2, 0.25) is 0 Å². The minimum atomic E-state index is -0.700. The van der Waals surface area contributed by atoms with E-state index in [0.717, 1.165) is 24.2 Å². The third-order valence-corrected chi connectivity index (χ3v) is 2.96. The number of anilines is 1. The SMILES string of the molecule is COC(=O)C(N)CN1CCc2ccc(F)cc21. The maximum absolute atomic E-state index is 13.1. The second-order valence-electron chi connectivity index (χ2n) is 4.10. The van der Waals surface area contributed by atoms with E-state index in [4.69, 9.17) is 5.73 Å². The molecular formula is C12H15FN2O2. The zero-order valence-electron chi connectivity index (χ0n) is 9.65. The van der Waals surface area contributed by atoms with Crippen molar-refractivity contribution in [2.75, 3.05) is 25.1 Å². The Bertz CT molecular complexity index is 437. The van der Waals surface area contributed by atoms with Gasteiger partial charge in [0.1, 0.15) is 11.9 Å². The highest BCUT2D eigenvalue weighted by atomic mass is 19.1. The smallest absolute Gasteiger partial charge is 0.324 e. The summed E-state index contributed by atoms with van der Waals surface area (Å²) < 4.78 is 17.7. The van der Waals surface area contributed by atoms with Crippen LogP contribution in [0, 0.1) is 5.82 Å². The molecule has 0 fully saturated rings. The van der Waals surface area contributed by atoms with Crippen LogP contribution in [-0.2, 0) is 16.0 Å². The maximum atomic E-state index is 13.1. The molecule has 0 amide bonds. The molecule has 2 N–H and O–H groups in total. The van der Waals surface area contributed by atoms with E-state index in [-0.39, 0.29) is 5.82 Å². The van der Waals surface area contributed by atoms with Crippen LogP contribution in [0.15, 0.2) is 18.2 Å². The molecule has 1 aliphatic heterocycles. The first kappa shape index (κ1) is 11.9. The van der Waals surface area contributed by atoms with Crippen molar-refractivity contribution in [3.8, 4) is 0 Å². The molecule has 0 aliphatic carbocycles. The number of esters is 1. The molecule has 1 heterocycles. The Morgan fingerprint density at radius 1 is 1.65 bits per heavy atom. The fourth-order valence-electron chi connectivity index (χ4n) is 2.07. The molecule has 0 bridgehead atoms. The zero-order chi connectivity index (χ0) is 12.4. The Morgan fingerprint density at radius 3 is 3.12 bits per heavy atom. The molecule has 4 nitrogen and oxygen atoms in total. The molecular weight excluding hydrogens is 223 g/mol. The highest BCUT2D eigenvalue weighted by Crippen LogP contribution is 2.28. The Morgan fingerprint density at radius 2 is 2.41 bits per heavy atom. The Kier molecular flexibility index (Phi) is 3.28. The number of carbonyl (C=O) groups excluding carboxylic acids is 1. The molecule has 17 heavy (non-hydrogen) atoms. The molecule has 1 atom stereocenters. The van der Waals surface area contributed by atoms with Gasteiger partial charge in [-0.3, -0.25) is 4.79 Å². The fraction of sp³-hybridized carbons (Fsp3) is 0.417. The van der Waals surface area contributed by atoms with Gasteiger partial charge in [0, 0.05) is 18.8 Å². The zero-order valence-corrected chi connectivity index (χ0v) is 9.65. The average Bonchev–Trinajstić information content (AvgIpc) is 2.71. The number of benzene rings is 1. The summed E-state index contributed by atoms with van der Waals surface area (Å²) in [6, 6.07) is 4.00. The average molecular weight is 238 g/mol. The molecule has 2 rings (SSSR count). The van der Waals surface area contributed by atoms with Gasteiger partial charge in [-0.05, 0) is 24.1 Å². The molecule has 0 saturated carbocycles. The van der Waals surface area contributed by atoms with Crippen LogP contribution in [0.25, 0.3) is 0 Å². The lowest BCUT2D eigenvalue weighted by Gasteiger charge is -2.22. The van der Waals surface area contributed by atoms with Crippen LogP contribution in [0.5, 0.6) is 0 Å². The van der Waals surface area contributed by atoms with Crippen LogP contribution in [-0.4, -0.2) is 32.2 Å². The van der Waals surface area contributed by atoms with Crippen molar-refractivity contribution in [3.05, 3.63) is 29.6 Å². The van der Waals surface area contributed by atoms with Crippen molar-refractivity contribution in [1.29, 1.82) is 0 Å². The number of carbonyl (C=O) groups is 1. The second-order valence-corrected chi connectivity index (χ2v) is 4.10. The van der Waals surface area contributed by atoms with Gasteiger partial charge in [0.15, 0.2) is 0 Å². The number of ether oxygens (including phenoxy) is 1. The van der Waals surface area contributed by atoms with E-state index in [1.165, 1.54) is 19.2 Å². The molecule has 1 aromatic carbocycles. The summed E-state index contributed by atoms with van der Waals surface area (Å²) in [6.45, 7) is 1.10. The van der Waals surface area contributed by atoms with Gasteiger partial charge in [-0.15, -0.1) is 0 Å². The van der Waals surface area contributed by atoms with Gasteiger partial charge >= 0.3 is 5.97 Å². The van der Waals surface area contributed by atoms with Gasteiger partial charge in [0.25, 0.3) is 0 Å². The number of nitrogens with zero attached hydrogens (tertiary/aromatic N) is 1. The molecule has 92 valence electrons. The van der Waals surface area contributed by atoms with E-state index < -0.39 is 12.0 Å². The van der Waals surface area contributed by atoms with E-state index >= 15 is 0 Å². The van der Waals surface area contributed by atoms with Crippen molar-refractivity contribution < 1.29 is 13.9 Å². The fourth-order valence-corrected chi connectivity index (χ4v) is 2.07. The minimum absolute atomic E-state index is 0.276. The van der Waals surface area contributed by atoms with Gasteiger partial charge in [-0.2, -0.15) is 0 Å². The Balaban J connectivity index is 2.11. The Labute approximate surface area is 99.2 Å². The van der Waals surface area contributed by atoms with Gasteiger partial charge in [-0.1, -0.05) is 6.07 Å². The second kappa shape index (κ2) is 4.71. The van der Waals surface area contributed by atoms with E-state index in [0.29, 0.717) is 6.54 Å². The monoisotopic (exact) mass is 238 g/mol. The van der Waals surface area contributed by atoms with Crippen molar-refractivity contribution >= 4 is 11.7 Å². The van der Waals surface area contributed by atoms with Crippen LogP contribution in [0.3, 0.4) is 0 Å². The minimum Gasteiger partial charge on any atom is -0.468 e. The Hall–Kier alpha value is -1.62. The van der Waals surface area contributed by atoms with Crippen LogP contribution < -0.4 is 10.6 Å². The highest BCUT2D eigenvalue weighted by Gasteiger charge is 2.24. The normalized spacial score (nSPS) is 15.6. The lowest BCUT2D eigenvalue weighted by molar-refractivity contribution is -0.141. The number of fused-ring (bicyclic) bond motifs is 1. The standard InChI is InChI=1S/C12H15FN2O2/c1-17-12(16)10(14)7-15-5-4-8-2-3-9(13)6-11(8)15/h2-3,6,10H,4-5,7,14H2,1H3. The van der Waals surface area contributed by atoms with Crippen molar-refractivity contribution in [2.24, 2.45) is 5.73 Å². The van der Waals surface area contributed by atoms with E-state index in [1.807, 2.05) is 4.90 Å². The molecule has 1 aliphatic rings.